The van der Waals surface area contributed by atoms with Gasteiger partial charge in [-0.1, -0.05) is 12.8 Å². The molecule has 0 aromatic carbocycles. The zero-order valence-electron chi connectivity index (χ0n) is 15.4. The monoisotopic (exact) mass is 359 g/mol. The van der Waals surface area contributed by atoms with Crippen molar-refractivity contribution in [1.82, 2.24) is 15.5 Å². The molecule has 142 valence electrons. The van der Waals surface area contributed by atoms with Crippen molar-refractivity contribution < 1.29 is 14.4 Å². The fourth-order valence-electron chi connectivity index (χ4n) is 7.03. The third-order valence-corrected chi connectivity index (χ3v) is 7.71. The number of hydrogen-bond acceptors (Lipinski definition) is 3. The second-order valence-corrected chi connectivity index (χ2v) is 9.67. The summed E-state index contributed by atoms with van der Waals surface area (Å²) in [6, 6.07) is -0.320. The zero-order chi connectivity index (χ0) is 17.9. The molecule has 6 fully saturated rings. The Morgan fingerprint density at radius 3 is 2.19 bits per heavy atom. The molecule has 6 nitrogen and oxygen atoms in total. The maximum Gasteiger partial charge on any atom is 0.325 e. The average molecular weight is 359 g/mol. The van der Waals surface area contributed by atoms with Crippen LogP contribution in [-0.2, 0) is 9.59 Å². The molecule has 6 rings (SSSR count). The van der Waals surface area contributed by atoms with Gasteiger partial charge in [0.25, 0.3) is 5.91 Å². The lowest BCUT2D eigenvalue weighted by Gasteiger charge is -2.56. The molecule has 6 aliphatic rings. The molecule has 1 spiro atoms. The van der Waals surface area contributed by atoms with Gasteiger partial charge in [0.15, 0.2) is 0 Å². The molecule has 0 aromatic rings. The Morgan fingerprint density at radius 1 is 1.04 bits per heavy atom. The Hall–Kier alpha value is -1.59. The largest absolute Gasteiger partial charge is 0.351 e. The molecule has 26 heavy (non-hydrogen) atoms. The molecule has 4 amide bonds. The third kappa shape index (κ3) is 2.55. The summed E-state index contributed by atoms with van der Waals surface area (Å²) in [7, 11) is 0. The average Bonchev–Trinajstić information content (AvgIpc) is 3.10. The Labute approximate surface area is 154 Å². The molecule has 4 bridgehead atoms. The maximum atomic E-state index is 12.7. The Bertz CT molecular complexity index is 617. The standard InChI is InChI=1S/C20H29N3O3/c24-16(21-19-10-13-7-14(11-19)9-15(8-13)12-19)3-6-23-17(25)20(22-18(23)26)4-1-2-5-20/h13-15H,1-12H2,(H,21,24)(H,22,26). The Morgan fingerprint density at radius 2 is 1.62 bits per heavy atom. The molecule has 6 heteroatoms. The van der Waals surface area contributed by atoms with E-state index in [1.165, 1.54) is 24.2 Å². The molecule has 0 atom stereocenters. The van der Waals surface area contributed by atoms with Gasteiger partial charge in [-0.15, -0.1) is 0 Å². The number of urea groups is 1. The number of rotatable bonds is 4. The van der Waals surface area contributed by atoms with Gasteiger partial charge < -0.3 is 10.6 Å². The van der Waals surface area contributed by atoms with E-state index in [1.807, 2.05) is 0 Å². The van der Waals surface area contributed by atoms with Crippen LogP contribution in [0.15, 0.2) is 0 Å². The lowest BCUT2D eigenvalue weighted by Crippen LogP contribution is -2.60. The first-order chi connectivity index (χ1) is 12.5. The molecule has 5 saturated carbocycles. The first-order valence-electron chi connectivity index (χ1n) is 10.4. The van der Waals surface area contributed by atoms with Gasteiger partial charge in [-0.3, -0.25) is 14.5 Å². The fraction of sp³-hybridized carbons (Fsp3) is 0.850. The highest BCUT2D eigenvalue weighted by molar-refractivity contribution is 6.07. The van der Waals surface area contributed by atoms with Crippen LogP contribution in [0.2, 0.25) is 0 Å². The van der Waals surface area contributed by atoms with Crippen LogP contribution < -0.4 is 10.6 Å². The smallest absolute Gasteiger partial charge is 0.325 e. The number of amides is 4. The first-order valence-corrected chi connectivity index (χ1v) is 10.4. The van der Waals surface area contributed by atoms with Gasteiger partial charge in [-0.2, -0.15) is 0 Å². The number of carbonyl (C=O) groups excluding carboxylic acids is 3. The van der Waals surface area contributed by atoms with Crippen LogP contribution in [0, 0.1) is 17.8 Å². The predicted molar refractivity (Wildman–Crippen MR) is 95.1 cm³/mol. The summed E-state index contributed by atoms with van der Waals surface area (Å²) in [4.78, 5) is 38.8. The van der Waals surface area contributed by atoms with Gasteiger partial charge in [0, 0.05) is 18.5 Å². The van der Waals surface area contributed by atoms with E-state index in [0.29, 0.717) is 0 Å². The summed E-state index contributed by atoms with van der Waals surface area (Å²) >= 11 is 0. The topological polar surface area (TPSA) is 78.5 Å². The van der Waals surface area contributed by atoms with E-state index in [1.54, 1.807) is 0 Å². The summed E-state index contributed by atoms with van der Waals surface area (Å²) in [5.41, 5.74) is -0.677. The van der Waals surface area contributed by atoms with Crippen molar-refractivity contribution in [2.24, 2.45) is 17.8 Å². The van der Waals surface area contributed by atoms with E-state index in [4.69, 9.17) is 0 Å². The van der Waals surface area contributed by atoms with E-state index in [0.717, 1.165) is 62.7 Å². The van der Waals surface area contributed by atoms with Crippen molar-refractivity contribution in [3.8, 4) is 0 Å². The minimum absolute atomic E-state index is 0.0000723. The molecule has 0 unspecified atom stereocenters. The fourth-order valence-corrected chi connectivity index (χ4v) is 7.03. The summed E-state index contributed by atoms with van der Waals surface area (Å²) in [5.74, 6) is 2.24. The van der Waals surface area contributed by atoms with Crippen LogP contribution in [0.4, 0.5) is 4.79 Å². The van der Waals surface area contributed by atoms with Gasteiger partial charge in [0.1, 0.15) is 5.54 Å². The molecule has 0 aromatic heterocycles. The van der Waals surface area contributed by atoms with E-state index in [2.05, 4.69) is 10.6 Å². The minimum atomic E-state index is -0.673. The van der Waals surface area contributed by atoms with Crippen LogP contribution in [0.1, 0.15) is 70.6 Å². The van der Waals surface area contributed by atoms with Gasteiger partial charge in [0.05, 0.1) is 0 Å². The molecule has 1 aliphatic heterocycles. The summed E-state index contributed by atoms with van der Waals surface area (Å²) in [6.45, 7) is 0.199. The summed E-state index contributed by atoms with van der Waals surface area (Å²) in [5, 5.41) is 6.22. The maximum absolute atomic E-state index is 12.7. The molecule has 1 saturated heterocycles. The number of hydrogen-bond donors (Lipinski definition) is 2. The van der Waals surface area contributed by atoms with Crippen molar-refractivity contribution in [2.75, 3.05) is 6.54 Å². The van der Waals surface area contributed by atoms with E-state index in [-0.39, 0.29) is 36.3 Å². The van der Waals surface area contributed by atoms with Crippen LogP contribution in [0.3, 0.4) is 0 Å². The number of imide groups is 1. The Kier molecular flexibility index (Phi) is 3.63. The van der Waals surface area contributed by atoms with Gasteiger partial charge in [-0.05, 0) is 69.1 Å². The molecule has 1 heterocycles. The highest BCUT2D eigenvalue weighted by Crippen LogP contribution is 2.55. The first kappa shape index (κ1) is 16.6. The van der Waals surface area contributed by atoms with E-state index < -0.39 is 5.54 Å². The van der Waals surface area contributed by atoms with Crippen molar-refractivity contribution in [2.45, 2.75) is 81.7 Å². The zero-order valence-corrected chi connectivity index (χ0v) is 15.4. The minimum Gasteiger partial charge on any atom is -0.351 e. The SMILES string of the molecule is O=C(CCN1C(=O)NC2(CCCC2)C1=O)NC12CC3CC(CC(C3)C1)C2. The quantitative estimate of drug-likeness (QED) is 0.756. The lowest BCUT2D eigenvalue weighted by molar-refractivity contribution is -0.132. The normalized spacial score (nSPS) is 39.7. The summed E-state index contributed by atoms with van der Waals surface area (Å²) in [6.07, 6.45) is 11.0. The highest BCUT2D eigenvalue weighted by atomic mass is 16.2. The number of nitrogens with one attached hydrogen (secondary N) is 2. The van der Waals surface area contributed by atoms with Crippen LogP contribution in [-0.4, -0.2) is 40.4 Å². The van der Waals surface area contributed by atoms with Crippen LogP contribution in [0.5, 0.6) is 0 Å². The van der Waals surface area contributed by atoms with Crippen molar-refractivity contribution in [3.05, 3.63) is 0 Å². The Balaban J connectivity index is 1.19. The lowest BCUT2D eigenvalue weighted by atomic mass is 9.53. The van der Waals surface area contributed by atoms with Crippen molar-refractivity contribution >= 4 is 17.8 Å². The highest BCUT2D eigenvalue weighted by Gasteiger charge is 2.53. The predicted octanol–water partition coefficient (Wildman–Crippen LogP) is 2.33. The van der Waals surface area contributed by atoms with Gasteiger partial charge >= 0.3 is 6.03 Å². The second kappa shape index (κ2) is 5.70. The van der Waals surface area contributed by atoms with E-state index >= 15 is 0 Å². The van der Waals surface area contributed by atoms with Crippen molar-refractivity contribution in [1.29, 1.82) is 0 Å². The number of nitrogens with zero attached hydrogens (tertiary/aromatic N) is 1. The number of carbonyl (C=O) groups is 3. The van der Waals surface area contributed by atoms with E-state index in [9.17, 15) is 14.4 Å². The van der Waals surface area contributed by atoms with Crippen LogP contribution in [0.25, 0.3) is 0 Å². The molecule has 2 N–H and O–H groups in total. The van der Waals surface area contributed by atoms with Gasteiger partial charge in [0.2, 0.25) is 5.91 Å². The molecule has 5 aliphatic carbocycles. The molecular weight excluding hydrogens is 330 g/mol. The van der Waals surface area contributed by atoms with Crippen LogP contribution >= 0.6 is 0 Å². The third-order valence-electron chi connectivity index (χ3n) is 7.71. The van der Waals surface area contributed by atoms with Gasteiger partial charge in [-0.25, -0.2) is 4.79 Å². The second-order valence-electron chi connectivity index (χ2n) is 9.67. The molecular formula is C20H29N3O3. The summed E-state index contributed by atoms with van der Waals surface area (Å²) < 4.78 is 0. The van der Waals surface area contributed by atoms with Crippen molar-refractivity contribution in [3.63, 3.8) is 0 Å². The molecule has 0 radical (unpaired) electrons.